The highest BCUT2D eigenvalue weighted by Crippen LogP contribution is 2.41. The molecule has 2 heterocycles. The predicted molar refractivity (Wildman–Crippen MR) is 158 cm³/mol. The van der Waals surface area contributed by atoms with Gasteiger partial charge in [0, 0.05) is 17.6 Å². The molecule has 3 aliphatic rings. The molecule has 0 fully saturated rings. The van der Waals surface area contributed by atoms with Gasteiger partial charge >= 0.3 is 0 Å². The van der Waals surface area contributed by atoms with Gasteiger partial charge in [0.2, 0.25) is 0 Å². The van der Waals surface area contributed by atoms with Crippen molar-refractivity contribution >= 4 is 10.8 Å². The summed E-state index contributed by atoms with van der Waals surface area (Å²) in [6.45, 7) is 12.5. The zero-order valence-electron chi connectivity index (χ0n) is 24.3. The minimum Gasteiger partial charge on any atom is -0.392 e. The van der Waals surface area contributed by atoms with Crippen molar-refractivity contribution in [2.75, 3.05) is 13.2 Å². The molecule has 1 aliphatic carbocycles. The molecule has 2 aromatic carbocycles. The van der Waals surface area contributed by atoms with Gasteiger partial charge in [-0.2, -0.15) is 0 Å². The topological polar surface area (TPSA) is 99.4 Å². The van der Waals surface area contributed by atoms with E-state index in [1.165, 1.54) is 0 Å². The van der Waals surface area contributed by atoms with Gasteiger partial charge in [-0.3, -0.25) is 0 Å². The van der Waals surface area contributed by atoms with Crippen molar-refractivity contribution in [2.45, 2.75) is 85.1 Å². The van der Waals surface area contributed by atoms with E-state index in [1.54, 1.807) is 0 Å². The van der Waals surface area contributed by atoms with E-state index in [9.17, 15) is 20.4 Å². The van der Waals surface area contributed by atoms with Crippen LogP contribution in [0.4, 0.5) is 0 Å². The molecule has 0 amide bonds. The predicted octanol–water partition coefficient (Wildman–Crippen LogP) is 5.85. The van der Waals surface area contributed by atoms with Gasteiger partial charge in [0.05, 0.1) is 26.4 Å². The molecular formula is C34H44O6. The van der Waals surface area contributed by atoms with Gasteiger partial charge in [-0.25, -0.2) is 0 Å². The lowest BCUT2D eigenvalue weighted by atomic mass is 9.81. The molecule has 6 nitrogen and oxygen atoms in total. The van der Waals surface area contributed by atoms with Gasteiger partial charge in [0.25, 0.3) is 0 Å². The van der Waals surface area contributed by atoms with Crippen molar-refractivity contribution in [3.05, 3.63) is 93.6 Å². The highest BCUT2D eigenvalue weighted by Gasteiger charge is 2.37. The standard InChI is InChI=1S/C34H44O6/c1-6-23-14-17-40-34(38,21-33(3,4)5)31-13-12-28-27(25(19-35)10-11-29(28)30(31)20-36)15-16-39-32(37)26-9-7-8-24(18-23)22(26)2/h6,9-13,18,32,35-38H,2,7-8,14-17,19-21H2,1,3-5H3/b23-6-,24-18-. The summed E-state index contributed by atoms with van der Waals surface area (Å²) in [6.07, 6.45) is 7.96. The Balaban J connectivity index is 1.87. The third-order valence-corrected chi connectivity index (χ3v) is 7.91. The molecule has 6 bridgehead atoms. The summed E-state index contributed by atoms with van der Waals surface area (Å²) in [6, 6.07) is 7.49. The summed E-state index contributed by atoms with van der Waals surface area (Å²) in [5.74, 6) is -1.62. The number of aliphatic hydroxyl groups is 4. The number of rotatable bonds is 3. The van der Waals surface area contributed by atoms with E-state index >= 15 is 0 Å². The van der Waals surface area contributed by atoms with Crippen LogP contribution in [0.2, 0.25) is 0 Å². The Morgan fingerprint density at radius 1 is 1.02 bits per heavy atom. The number of hydrogen-bond acceptors (Lipinski definition) is 6. The van der Waals surface area contributed by atoms with E-state index < -0.39 is 12.1 Å². The maximum atomic E-state index is 12.1. The third kappa shape index (κ3) is 6.49. The summed E-state index contributed by atoms with van der Waals surface area (Å²) in [5.41, 5.74) is 6.06. The fourth-order valence-electron chi connectivity index (χ4n) is 5.97. The van der Waals surface area contributed by atoms with Gasteiger partial charge in [-0.1, -0.05) is 69.8 Å². The van der Waals surface area contributed by atoms with Crippen molar-refractivity contribution in [2.24, 2.45) is 5.41 Å². The van der Waals surface area contributed by atoms with Gasteiger partial charge < -0.3 is 29.9 Å². The van der Waals surface area contributed by atoms with E-state index in [1.807, 2.05) is 43.3 Å². The maximum absolute atomic E-state index is 12.1. The molecule has 40 heavy (non-hydrogen) atoms. The van der Waals surface area contributed by atoms with E-state index in [4.69, 9.17) is 9.47 Å². The number of hydrogen-bond donors (Lipinski definition) is 4. The summed E-state index contributed by atoms with van der Waals surface area (Å²) in [5, 5.41) is 45.4. The second-order valence-corrected chi connectivity index (χ2v) is 12.0. The van der Waals surface area contributed by atoms with Gasteiger partial charge in [-0.15, -0.1) is 0 Å². The quantitative estimate of drug-likeness (QED) is 0.384. The van der Waals surface area contributed by atoms with Crippen molar-refractivity contribution in [3.8, 4) is 0 Å². The first-order valence-corrected chi connectivity index (χ1v) is 14.2. The van der Waals surface area contributed by atoms with E-state index in [0.29, 0.717) is 36.0 Å². The number of fused-ring (bicyclic) bond motifs is 9. The Hall–Kier alpha value is -2.58. The van der Waals surface area contributed by atoms with Crippen LogP contribution >= 0.6 is 0 Å². The second kappa shape index (κ2) is 12.5. The molecule has 0 aromatic heterocycles. The monoisotopic (exact) mass is 548 g/mol. The molecule has 0 spiro atoms. The molecule has 2 atom stereocenters. The molecular weight excluding hydrogens is 504 g/mol. The summed E-state index contributed by atoms with van der Waals surface area (Å²) < 4.78 is 12.2. The van der Waals surface area contributed by atoms with Crippen LogP contribution in [-0.2, 0) is 34.9 Å². The lowest BCUT2D eigenvalue weighted by Crippen LogP contribution is -2.36. The van der Waals surface area contributed by atoms with Crippen LogP contribution in [0.15, 0.2) is 71.4 Å². The number of ether oxygens (including phenoxy) is 2. The first kappa shape index (κ1) is 30.4. The fraction of sp³-hybridized carbons (Fsp3) is 0.471. The largest absolute Gasteiger partial charge is 0.392 e. The summed E-state index contributed by atoms with van der Waals surface area (Å²) in [4.78, 5) is 0. The minimum atomic E-state index is -1.62. The van der Waals surface area contributed by atoms with Crippen molar-refractivity contribution < 1.29 is 29.9 Å². The molecule has 216 valence electrons. The van der Waals surface area contributed by atoms with Crippen molar-refractivity contribution in [1.29, 1.82) is 0 Å². The Labute approximate surface area is 238 Å². The normalized spacial score (nSPS) is 25.6. The molecule has 2 aromatic rings. The highest BCUT2D eigenvalue weighted by molar-refractivity contribution is 5.90. The molecule has 5 rings (SSSR count). The Bertz CT molecular complexity index is 1340. The van der Waals surface area contributed by atoms with Gasteiger partial charge in [-0.05, 0) is 82.2 Å². The average Bonchev–Trinajstić information content (AvgIpc) is 2.91. The molecule has 0 radical (unpaired) electrons. The van der Waals surface area contributed by atoms with Crippen LogP contribution < -0.4 is 0 Å². The SMILES string of the molecule is C=C1C2=CCC/C1=C/C(=C\C)CCOC(O)(CC(C)(C)C)c1ccc3c(c(CO)ccc3c1CO)CCOC2O. The van der Waals surface area contributed by atoms with E-state index in [-0.39, 0.29) is 31.8 Å². The number of aliphatic hydroxyl groups excluding tert-OH is 3. The van der Waals surface area contributed by atoms with Crippen molar-refractivity contribution in [1.82, 2.24) is 0 Å². The Kier molecular flexibility index (Phi) is 9.51. The van der Waals surface area contributed by atoms with Crippen LogP contribution in [0.1, 0.15) is 75.6 Å². The van der Waals surface area contributed by atoms with Crippen LogP contribution in [0.5, 0.6) is 0 Å². The Morgan fingerprint density at radius 3 is 2.45 bits per heavy atom. The van der Waals surface area contributed by atoms with E-state index in [2.05, 4.69) is 33.4 Å². The first-order valence-electron chi connectivity index (χ1n) is 14.2. The smallest absolute Gasteiger partial charge is 0.193 e. The van der Waals surface area contributed by atoms with Crippen LogP contribution in [-0.4, -0.2) is 39.9 Å². The summed E-state index contributed by atoms with van der Waals surface area (Å²) in [7, 11) is 0. The molecule has 4 N–H and O–H groups in total. The van der Waals surface area contributed by atoms with Crippen LogP contribution in [0, 0.1) is 5.41 Å². The van der Waals surface area contributed by atoms with Crippen molar-refractivity contribution in [3.63, 3.8) is 0 Å². The molecule has 2 unspecified atom stereocenters. The highest BCUT2D eigenvalue weighted by atomic mass is 16.6. The number of benzene rings is 2. The minimum absolute atomic E-state index is 0.148. The second-order valence-electron chi connectivity index (χ2n) is 12.0. The zero-order valence-corrected chi connectivity index (χ0v) is 24.3. The third-order valence-electron chi connectivity index (χ3n) is 7.91. The molecule has 0 saturated carbocycles. The lowest BCUT2D eigenvalue weighted by molar-refractivity contribution is -0.229. The van der Waals surface area contributed by atoms with Gasteiger partial charge in [0.15, 0.2) is 12.1 Å². The molecule has 6 heteroatoms. The molecule has 2 aliphatic heterocycles. The van der Waals surface area contributed by atoms with Crippen LogP contribution in [0.25, 0.3) is 10.8 Å². The number of allylic oxidation sites excluding steroid dienone is 4. The van der Waals surface area contributed by atoms with Gasteiger partial charge in [0.1, 0.15) is 0 Å². The lowest BCUT2D eigenvalue weighted by Gasteiger charge is -2.36. The maximum Gasteiger partial charge on any atom is 0.193 e. The zero-order chi connectivity index (χ0) is 29.1. The Morgan fingerprint density at radius 2 is 1.77 bits per heavy atom. The van der Waals surface area contributed by atoms with Crippen LogP contribution in [0.3, 0.4) is 0 Å². The van der Waals surface area contributed by atoms with E-state index in [0.717, 1.165) is 51.5 Å². The fourth-order valence-corrected chi connectivity index (χ4v) is 5.97. The first-order chi connectivity index (χ1) is 19.0. The molecule has 0 saturated heterocycles. The average molecular weight is 549 g/mol. The summed E-state index contributed by atoms with van der Waals surface area (Å²) >= 11 is 0.